The largest absolute Gasteiger partial charge is 0.326 e. The highest BCUT2D eigenvalue weighted by Gasteiger charge is 2.23. The van der Waals surface area contributed by atoms with E-state index in [0.717, 1.165) is 30.8 Å². The zero-order valence-corrected chi connectivity index (χ0v) is 18.4. The van der Waals surface area contributed by atoms with Crippen LogP contribution in [0.3, 0.4) is 0 Å². The first-order valence-corrected chi connectivity index (χ1v) is 11.3. The van der Waals surface area contributed by atoms with Crippen LogP contribution in [0.1, 0.15) is 35.2 Å². The first kappa shape index (κ1) is 20.5. The second kappa shape index (κ2) is 8.97. The van der Waals surface area contributed by atoms with E-state index in [1.165, 1.54) is 27.5 Å². The first-order valence-electron chi connectivity index (χ1n) is 11.3. The number of nitrogens with zero attached hydrogens (tertiary/aromatic N) is 1. The number of benzene rings is 4. The maximum Gasteiger partial charge on any atom is 0.228 e. The van der Waals surface area contributed by atoms with Gasteiger partial charge in [0.1, 0.15) is 0 Å². The highest BCUT2D eigenvalue weighted by Crippen LogP contribution is 2.32. The molecule has 0 radical (unpaired) electrons. The average Bonchev–Trinajstić information content (AvgIpc) is 2.83. The van der Waals surface area contributed by atoms with Crippen LogP contribution in [-0.2, 0) is 24.2 Å². The average molecular weight is 421 g/mol. The number of carbonyl (C=O) groups excluding carboxylic acids is 1. The van der Waals surface area contributed by atoms with Crippen LogP contribution in [0.15, 0.2) is 91.0 Å². The summed E-state index contributed by atoms with van der Waals surface area (Å²) in [4.78, 5) is 15.1. The standard InChI is InChI=1S/C29H28N2O/c1-21(27-13-7-11-24-10-5-6-12-28(24)27)31-17-16-23-14-15-26(19-25(23)20-31)30-29(32)18-22-8-3-2-4-9-22/h2-15,19,21H,16-18,20H2,1H3,(H,30,32). The quantitative estimate of drug-likeness (QED) is 0.421. The fourth-order valence-electron chi connectivity index (χ4n) is 4.79. The van der Waals surface area contributed by atoms with Gasteiger partial charge >= 0.3 is 0 Å². The zero-order chi connectivity index (χ0) is 21.9. The zero-order valence-electron chi connectivity index (χ0n) is 18.4. The fraction of sp³-hybridized carbons (Fsp3) is 0.207. The molecule has 1 atom stereocenters. The molecule has 0 saturated carbocycles. The Labute approximate surface area is 189 Å². The molecule has 1 aliphatic heterocycles. The van der Waals surface area contributed by atoms with Crippen molar-refractivity contribution in [2.75, 3.05) is 11.9 Å². The minimum atomic E-state index is 0.0212. The van der Waals surface area contributed by atoms with Crippen LogP contribution in [0.4, 0.5) is 5.69 Å². The van der Waals surface area contributed by atoms with E-state index < -0.39 is 0 Å². The normalized spacial score (nSPS) is 14.7. The topological polar surface area (TPSA) is 32.3 Å². The van der Waals surface area contributed by atoms with Gasteiger partial charge in [-0.3, -0.25) is 9.69 Å². The lowest BCUT2D eigenvalue weighted by Crippen LogP contribution is -2.33. The number of rotatable bonds is 5. The third kappa shape index (κ3) is 4.30. The molecular weight excluding hydrogens is 392 g/mol. The van der Waals surface area contributed by atoms with Gasteiger partial charge in [-0.05, 0) is 58.5 Å². The van der Waals surface area contributed by atoms with Gasteiger partial charge in [0.15, 0.2) is 0 Å². The molecule has 0 fully saturated rings. The van der Waals surface area contributed by atoms with E-state index >= 15 is 0 Å². The van der Waals surface area contributed by atoms with Crippen molar-refractivity contribution in [2.45, 2.75) is 32.4 Å². The predicted octanol–water partition coefficient (Wildman–Crippen LogP) is 6.14. The van der Waals surface area contributed by atoms with Crippen molar-refractivity contribution in [3.05, 3.63) is 113 Å². The van der Waals surface area contributed by atoms with Gasteiger partial charge in [-0.2, -0.15) is 0 Å². The molecule has 3 heteroatoms. The lowest BCUT2D eigenvalue weighted by molar-refractivity contribution is -0.115. The molecule has 0 spiro atoms. The lowest BCUT2D eigenvalue weighted by Gasteiger charge is -2.34. The maximum absolute atomic E-state index is 12.5. The van der Waals surface area contributed by atoms with Gasteiger partial charge in [0.05, 0.1) is 6.42 Å². The minimum Gasteiger partial charge on any atom is -0.326 e. The van der Waals surface area contributed by atoms with E-state index in [9.17, 15) is 4.79 Å². The number of hydrogen-bond donors (Lipinski definition) is 1. The molecule has 0 aliphatic carbocycles. The number of carbonyl (C=O) groups is 1. The summed E-state index contributed by atoms with van der Waals surface area (Å²) in [6, 6.07) is 31.8. The van der Waals surface area contributed by atoms with Crippen molar-refractivity contribution < 1.29 is 4.79 Å². The highest BCUT2D eigenvalue weighted by molar-refractivity contribution is 5.92. The van der Waals surface area contributed by atoms with E-state index in [4.69, 9.17) is 0 Å². The van der Waals surface area contributed by atoms with E-state index in [1.807, 2.05) is 36.4 Å². The molecule has 1 amide bonds. The molecule has 0 bridgehead atoms. The van der Waals surface area contributed by atoms with E-state index in [1.54, 1.807) is 0 Å². The maximum atomic E-state index is 12.5. The summed E-state index contributed by atoms with van der Waals surface area (Å²) in [5, 5.41) is 5.70. The van der Waals surface area contributed by atoms with Crippen LogP contribution in [0.5, 0.6) is 0 Å². The van der Waals surface area contributed by atoms with Crippen LogP contribution >= 0.6 is 0 Å². The lowest BCUT2D eigenvalue weighted by atomic mass is 9.94. The van der Waals surface area contributed by atoms with Crippen molar-refractivity contribution in [1.29, 1.82) is 0 Å². The van der Waals surface area contributed by atoms with Crippen molar-refractivity contribution in [2.24, 2.45) is 0 Å². The number of amides is 1. The van der Waals surface area contributed by atoms with Gasteiger partial charge < -0.3 is 5.32 Å². The Kier molecular flexibility index (Phi) is 5.74. The van der Waals surface area contributed by atoms with Crippen LogP contribution in [0.25, 0.3) is 10.8 Å². The summed E-state index contributed by atoms with van der Waals surface area (Å²) < 4.78 is 0. The molecule has 1 N–H and O–H groups in total. The summed E-state index contributed by atoms with van der Waals surface area (Å²) >= 11 is 0. The van der Waals surface area contributed by atoms with Gasteiger partial charge in [-0.25, -0.2) is 0 Å². The van der Waals surface area contributed by atoms with Gasteiger partial charge in [0.25, 0.3) is 0 Å². The number of fused-ring (bicyclic) bond motifs is 2. The summed E-state index contributed by atoms with van der Waals surface area (Å²) in [5.41, 5.74) is 5.97. The molecule has 32 heavy (non-hydrogen) atoms. The van der Waals surface area contributed by atoms with Gasteiger partial charge in [-0.1, -0.05) is 78.9 Å². The summed E-state index contributed by atoms with van der Waals surface area (Å²) in [7, 11) is 0. The molecule has 1 unspecified atom stereocenters. The molecule has 160 valence electrons. The third-order valence-electron chi connectivity index (χ3n) is 6.56. The minimum absolute atomic E-state index is 0.0212. The van der Waals surface area contributed by atoms with E-state index in [2.05, 4.69) is 71.7 Å². The second-order valence-corrected chi connectivity index (χ2v) is 8.66. The summed E-state index contributed by atoms with van der Waals surface area (Å²) in [5.74, 6) is 0.0212. The Morgan fingerprint density at radius 1 is 0.906 bits per heavy atom. The fourth-order valence-corrected chi connectivity index (χ4v) is 4.79. The molecular formula is C29H28N2O. The Morgan fingerprint density at radius 3 is 2.56 bits per heavy atom. The smallest absolute Gasteiger partial charge is 0.228 e. The summed E-state index contributed by atoms with van der Waals surface area (Å²) in [6.07, 6.45) is 1.42. The number of anilines is 1. The van der Waals surface area contributed by atoms with Gasteiger partial charge in [-0.15, -0.1) is 0 Å². The molecule has 0 aromatic heterocycles. The van der Waals surface area contributed by atoms with E-state index in [-0.39, 0.29) is 5.91 Å². The first-order chi connectivity index (χ1) is 15.7. The summed E-state index contributed by atoms with van der Waals surface area (Å²) in [6.45, 7) is 4.23. The number of nitrogens with one attached hydrogen (secondary N) is 1. The van der Waals surface area contributed by atoms with Crippen LogP contribution in [0.2, 0.25) is 0 Å². The van der Waals surface area contributed by atoms with Crippen LogP contribution in [0, 0.1) is 0 Å². The molecule has 1 aliphatic rings. The Bertz CT molecular complexity index is 1240. The SMILES string of the molecule is CC(c1cccc2ccccc12)N1CCc2ccc(NC(=O)Cc3ccccc3)cc2C1. The Hall–Kier alpha value is -3.43. The van der Waals surface area contributed by atoms with Crippen molar-refractivity contribution in [1.82, 2.24) is 4.90 Å². The Morgan fingerprint density at radius 2 is 1.69 bits per heavy atom. The second-order valence-electron chi connectivity index (χ2n) is 8.66. The predicted molar refractivity (Wildman–Crippen MR) is 132 cm³/mol. The molecule has 4 aromatic rings. The van der Waals surface area contributed by atoms with Crippen LogP contribution in [-0.4, -0.2) is 17.4 Å². The highest BCUT2D eigenvalue weighted by atomic mass is 16.1. The molecule has 3 nitrogen and oxygen atoms in total. The molecule has 1 heterocycles. The van der Waals surface area contributed by atoms with Crippen LogP contribution < -0.4 is 5.32 Å². The van der Waals surface area contributed by atoms with Crippen molar-refractivity contribution in [3.63, 3.8) is 0 Å². The van der Waals surface area contributed by atoms with E-state index in [0.29, 0.717) is 12.5 Å². The molecule has 4 aromatic carbocycles. The van der Waals surface area contributed by atoms with Gasteiger partial charge in [0.2, 0.25) is 5.91 Å². The monoisotopic (exact) mass is 420 g/mol. The van der Waals surface area contributed by atoms with Crippen molar-refractivity contribution in [3.8, 4) is 0 Å². The van der Waals surface area contributed by atoms with Crippen molar-refractivity contribution >= 4 is 22.4 Å². The van der Waals surface area contributed by atoms with Gasteiger partial charge in [0, 0.05) is 24.8 Å². The third-order valence-corrected chi connectivity index (χ3v) is 6.56. The Balaban J connectivity index is 1.32. The molecule has 5 rings (SSSR count). The number of hydrogen-bond acceptors (Lipinski definition) is 2. The molecule has 0 saturated heterocycles.